The summed E-state index contributed by atoms with van der Waals surface area (Å²) >= 11 is 2.07. The molecular weight excluding hydrogens is 440 g/mol. The molecule has 0 aliphatic carbocycles. The summed E-state index contributed by atoms with van der Waals surface area (Å²) in [6.45, 7) is 8.40. The van der Waals surface area contributed by atoms with Crippen molar-refractivity contribution in [1.29, 1.82) is 0 Å². The van der Waals surface area contributed by atoms with Crippen molar-refractivity contribution in [2.75, 3.05) is 41.4 Å². The van der Waals surface area contributed by atoms with Gasteiger partial charge in [0.15, 0.2) is 5.12 Å². The maximum atomic E-state index is 11.0. The molecule has 0 aromatic heterocycles. The zero-order valence-corrected chi connectivity index (χ0v) is 21.1. The molecular formula is C25H30N2OS3. The van der Waals surface area contributed by atoms with E-state index in [0.717, 1.165) is 24.6 Å². The van der Waals surface area contributed by atoms with Crippen LogP contribution < -0.4 is 9.80 Å². The van der Waals surface area contributed by atoms with Crippen molar-refractivity contribution in [2.24, 2.45) is 0 Å². The van der Waals surface area contributed by atoms with Crippen LogP contribution in [0.4, 0.5) is 11.4 Å². The Labute approximate surface area is 198 Å². The highest BCUT2D eigenvalue weighted by atomic mass is 33.1. The van der Waals surface area contributed by atoms with Crippen LogP contribution in [-0.2, 0) is 10.2 Å². The number of benzene rings is 2. The SMILES string of the molecule is CC(=O)SSCCN(C)c1ccc(/C=C/C23SCCN2c2ccccc2C3(C)C)cc1. The maximum Gasteiger partial charge on any atom is 0.196 e. The van der Waals surface area contributed by atoms with Gasteiger partial charge in [-0.15, -0.1) is 11.8 Å². The van der Waals surface area contributed by atoms with Crippen LogP contribution in [0.5, 0.6) is 0 Å². The first kappa shape index (κ1) is 22.7. The lowest BCUT2D eigenvalue weighted by atomic mass is 9.79. The monoisotopic (exact) mass is 470 g/mol. The number of thioether (sulfide) groups is 1. The molecule has 1 fully saturated rings. The van der Waals surface area contributed by atoms with Gasteiger partial charge in [0.25, 0.3) is 0 Å². The fraction of sp³-hybridized carbons (Fsp3) is 0.400. The van der Waals surface area contributed by atoms with Crippen LogP contribution in [0, 0.1) is 0 Å². The standard InChI is InChI=1S/C25H30N2OS3/c1-19(28)31-30-18-15-26(4)21-11-9-20(10-12-21)13-14-25-24(2,3)22-7-5-6-8-23(22)27(25)16-17-29-25/h5-14H,15-18H2,1-4H3/b14-13+. The van der Waals surface area contributed by atoms with Crippen LogP contribution in [0.25, 0.3) is 6.08 Å². The van der Waals surface area contributed by atoms with E-state index in [1.807, 2.05) is 0 Å². The minimum Gasteiger partial charge on any atom is -0.374 e. The van der Waals surface area contributed by atoms with E-state index in [4.69, 9.17) is 0 Å². The minimum atomic E-state index is -0.0300. The molecule has 0 bridgehead atoms. The Bertz CT molecular complexity index is 973. The third kappa shape index (κ3) is 4.27. The topological polar surface area (TPSA) is 23.6 Å². The van der Waals surface area contributed by atoms with Gasteiger partial charge in [-0.1, -0.05) is 61.0 Å². The highest BCUT2D eigenvalue weighted by molar-refractivity contribution is 8.82. The number of rotatable bonds is 7. The molecule has 164 valence electrons. The zero-order valence-electron chi connectivity index (χ0n) is 18.6. The first-order valence-electron chi connectivity index (χ1n) is 10.7. The van der Waals surface area contributed by atoms with Gasteiger partial charge in [-0.3, -0.25) is 4.79 Å². The van der Waals surface area contributed by atoms with E-state index < -0.39 is 0 Å². The number of hydrogen-bond donors (Lipinski definition) is 0. The molecule has 2 aromatic carbocycles. The number of carbonyl (C=O) groups excluding carboxylic acids is 1. The molecule has 31 heavy (non-hydrogen) atoms. The van der Waals surface area contributed by atoms with Gasteiger partial charge < -0.3 is 9.80 Å². The zero-order chi connectivity index (χ0) is 22.1. The quantitative estimate of drug-likeness (QED) is 0.347. The molecule has 0 spiro atoms. The Morgan fingerprint density at radius 3 is 2.68 bits per heavy atom. The summed E-state index contributed by atoms with van der Waals surface area (Å²) in [6.07, 6.45) is 4.72. The molecule has 2 aromatic rings. The molecule has 0 radical (unpaired) electrons. The van der Waals surface area contributed by atoms with E-state index in [1.54, 1.807) is 17.7 Å². The summed E-state index contributed by atoms with van der Waals surface area (Å²) < 4.78 is 0. The Morgan fingerprint density at radius 1 is 1.19 bits per heavy atom. The molecule has 0 amide bonds. The van der Waals surface area contributed by atoms with E-state index in [2.05, 4.69) is 103 Å². The highest BCUT2D eigenvalue weighted by Crippen LogP contribution is 2.60. The molecule has 3 nitrogen and oxygen atoms in total. The Kier molecular flexibility index (Phi) is 6.71. The van der Waals surface area contributed by atoms with Crippen LogP contribution in [0.15, 0.2) is 54.6 Å². The van der Waals surface area contributed by atoms with Crippen molar-refractivity contribution in [2.45, 2.75) is 31.1 Å². The van der Waals surface area contributed by atoms with Crippen molar-refractivity contribution in [3.63, 3.8) is 0 Å². The summed E-state index contributed by atoms with van der Waals surface area (Å²) in [5, 5.41) is 0.163. The molecule has 0 N–H and O–H groups in total. The third-order valence-corrected chi connectivity index (χ3v) is 10.3. The molecule has 0 saturated carbocycles. The van der Waals surface area contributed by atoms with E-state index in [1.165, 1.54) is 33.3 Å². The van der Waals surface area contributed by atoms with Crippen LogP contribution in [0.3, 0.4) is 0 Å². The van der Waals surface area contributed by atoms with Gasteiger partial charge in [-0.2, -0.15) is 0 Å². The summed E-state index contributed by atoms with van der Waals surface area (Å²) in [5.41, 5.74) is 5.32. The fourth-order valence-electron chi connectivity index (χ4n) is 4.61. The first-order valence-corrected chi connectivity index (χ1v) is 14.0. The highest BCUT2D eigenvalue weighted by Gasteiger charge is 2.57. The summed E-state index contributed by atoms with van der Waals surface area (Å²) in [6, 6.07) is 17.7. The molecule has 2 aliphatic rings. The lowest BCUT2D eigenvalue weighted by Gasteiger charge is -2.40. The van der Waals surface area contributed by atoms with Gasteiger partial charge >= 0.3 is 0 Å². The van der Waals surface area contributed by atoms with E-state index in [0.29, 0.717) is 0 Å². The van der Waals surface area contributed by atoms with Gasteiger partial charge in [-0.05, 0) is 46.2 Å². The van der Waals surface area contributed by atoms with Crippen LogP contribution in [-0.4, -0.2) is 41.6 Å². The number of anilines is 2. The van der Waals surface area contributed by atoms with Gasteiger partial charge in [0, 0.05) is 55.4 Å². The maximum absolute atomic E-state index is 11.0. The largest absolute Gasteiger partial charge is 0.374 e. The Morgan fingerprint density at radius 2 is 1.94 bits per heavy atom. The molecule has 1 atom stereocenters. The Hall–Kier alpha value is -1.50. The van der Waals surface area contributed by atoms with Crippen molar-refractivity contribution in [3.05, 3.63) is 65.7 Å². The second kappa shape index (κ2) is 9.16. The van der Waals surface area contributed by atoms with Gasteiger partial charge in [0.2, 0.25) is 0 Å². The fourth-order valence-corrected chi connectivity index (χ4v) is 7.74. The van der Waals surface area contributed by atoms with E-state index in [-0.39, 0.29) is 15.4 Å². The predicted octanol–water partition coefficient (Wildman–Crippen LogP) is 6.30. The second-order valence-electron chi connectivity index (χ2n) is 8.58. The van der Waals surface area contributed by atoms with Crippen molar-refractivity contribution >= 4 is 55.9 Å². The van der Waals surface area contributed by atoms with Gasteiger partial charge in [-0.25, -0.2) is 0 Å². The van der Waals surface area contributed by atoms with Crippen LogP contribution in [0.2, 0.25) is 0 Å². The van der Waals surface area contributed by atoms with Crippen LogP contribution >= 0.6 is 33.3 Å². The lowest BCUT2D eigenvalue weighted by molar-refractivity contribution is -0.109. The number of carbonyl (C=O) groups is 1. The molecule has 4 rings (SSSR count). The summed E-state index contributed by atoms with van der Waals surface area (Å²) in [4.78, 5) is 15.9. The minimum absolute atomic E-state index is 0.0300. The van der Waals surface area contributed by atoms with E-state index in [9.17, 15) is 4.79 Å². The summed E-state index contributed by atoms with van der Waals surface area (Å²) in [5.74, 6) is 2.08. The third-order valence-electron chi connectivity index (χ3n) is 6.32. The average Bonchev–Trinajstić information content (AvgIpc) is 3.27. The van der Waals surface area contributed by atoms with Gasteiger partial charge in [0.1, 0.15) is 4.87 Å². The van der Waals surface area contributed by atoms with Gasteiger partial charge in [0.05, 0.1) is 0 Å². The van der Waals surface area contributed by atoms with Crippen molar-refractivity contribution < 1.29 is 4.79 Å². The first-order chi connectivity index (χ1) is 14.8. The second-order valence-corrected chi connectivity index (χ2v) is 12.5. The van der Waals surface area contributed by atoms with Crippen molar-refractivity contribution in [1.82, 2.24) is 0 Å². The summed E-state index contributed by atoms with van der Waals surface area (Å²) in [7, 11) is 5.05. The number of hydrogen-bond acceptors (Lipinski definition) is 6. The lowest BCUT2D eigenvalue weighted by Crippen LogP contribution is -2.48. The number of nitrogens with zero attached hydrogens (tertiary/aromatic N) is 2. The normalized spacial score (nSPS) is 21.4. The van der Waals surface area contributed by atoms with Crippen LogP contribution in [0.1, 0.15) is 31.9 Å². The van der Waals surface area contributed by atoms with E-state index >= 15 is 0 Å². The molecule has 2 heterocycles. The average molecular weight is 471 g/mol. The molecule has 6 heteroatoms. The van der Waals surface area contributed by atoms with Crippen molar-refractivity contribution in [3.8, 4) is 0 Å². The molecule has 1 saturated heterocycles. The smallest absolute Gasteiger partial charge is 0.196 e. The molecule has 1 unspecified atom stereocenters. The molecule has 2 aliphatic heterocycles. The Balaban J connectivity index is 1.47. The predicted molar refractivity (Wildman–Crippen MR) is 141 cm³/mol. The number of fused-ring (bicyclic) bond motifs is 3. The number of para-hydroxylation sites is 1.